The molecule has 4 atom stereocenters. The van der Waals surface area contributed by atoms with Crippen molar-refractivity contribution in [3.8, 4) is 6.07 Å². The first-order valence-corrected chi connectivity index (χ1v) is 10.1. The van der Waals surface area contributed by atoms with Crippen molar-refractivity contribution in [3.05, 3.63) is 41.9 Å². The van der Waals surface area contributed by atoms with Gasteiger partial charge in [0.05, 0.1) is 23.7 Å². The number of unbranched alkanes of at least 4 members (excludes halogenated alkanes) is 1. The molecule has 0 aliphatic carbocycles. The summed E-state index contributed by atoms with van der Waals surface area (Å²) in [5.74, 6) is 0.0181. The number of nitrogens with zero attached hydrogens (tertiary/aromatic N) is 3. The molecule has 3 rings (SSSR count). The van der Waals surface area contributed by atoms with Crippen LogP contribution in [0.4, 0.5) is 0 Å². The summed E-state index contributed by atoms with van der Waals surface area (Å²) in [6, 6.07) is 6.78. The quantitative estimate of drug-likeness (QED) is 0.750. The average molecular weight is 366 g/mol. The SMILES string of the molecule is Cc1cccnc1C1CC(C#N)CC(C2=NC=CCC2(C)CCCCN)N1. The van der Waals surface area contributed by atoms with Crippen molar-refractivity contribution < 1.29 is 0 Å². The molecule has 1 saturated heterocycles. The van der Waals surface area contributed by atoms with Gasteiger partial charge < -0.3 is 11.1 Å². The largest absolute Gasteiger partial charge is 0.330 e. The van der Waals surface area contributed by atoms with Crippen LogP contribution in [-0.2, 0) is 0 Å². The zero-order chi connectivity index (χ0) is 19.3. The lowest BCUT2D eigenvalue weighted by atomic mass is 9.71. The monoisotopic (exact) mass is 365 g/mol. The van der Waals surface area contributed by atoms with E-state index in [4.69, 9.17) is 10.7 Å². The van der Waals surface area contributed by atoms with Crippen molar-refractivity contribution in [2.24, 2.45) is 22.1 Å². The summed E-state index contributed by atoms with van der Waals surface area (Å²) < 4.78 is 0. The zero-order valence-corrected chi connectivity index (χ0v) is 16.5. The van der Waals surface area contributed by atoms with Crippen molar-refractivity contribution in [1.82, 2.24) is 10.3 Å². The predicted octanol–water partition coefficient (Wildman–Crippen LogP) is 3.82. The van der Waals surface area contributed by atoms with E-state index in [1.807, 2.05) is 18.5 Å². The number of aromatic nitrogens is 1. The second-order valence-corrected chi connectivity index (χ2v) is 8.18. The fourth-order valence-corrected chi connectivity index (χ4v) is 4.50. The van der Waals surface area contributed by atoms with Crippen molar-refractivity contribution in [3.63, 3.8) is 0 Å². The van der Waals surface area contributed by atoms with Gasteiger partial charge in [-0.3, -0.25) is 9.98 Å². The van der Waals surface area contributed by atoms with E-state index in [1.165, 1.54) is 11.3 Å². The second kappa shape index (κ2) is 8.77. The molecule has 3 heterocycles. The maximum atomic E-state index is 9.68. The van der Waals surface area contributed by atoms with Crippen molar-refractivity contribution in [2.75, 3.05) is 6.54 Å². The molecule has 0 aromatic carbocycles. The highest BCUT2D eigenvalue weighted by atomic mass is 15.0. The highest BCUT2D eigenvalue weighted by Gasteiger charge is 2.40. The Morgan fingerprint density at radius 2 is 2.15 bits per heavy atom. The number of nitrogens with one attached hydrogen (secondary N) is 1. The molecule has 0 amide bonds. The Bertz CT molecular complexity index is 747. The first kappa shape index (κ1) is 19.7. The summed E-state index contributed by atoms with van der Waals surface area (Å²) in [6.07, 6.45) is 11.8. The van der Waals surface area contributed by atoms with E-state index >= 15 is 0 Å². The Hall–Kier alpha value is -2.03. The molecular weight excluding hydrogens is 334 g/mol. The van der Waals surface area contributed by atoms with Crippen LogP contribution < -0.4 is 11.1 Å². The van der Waals surface area contributed by atoms with Crippen molar-refractivity contribution >= 4 is 5.71 Å². The van der Waals surface area contributed by atoms with Gasteiger partial charge in [-0.05, 0) is 57.2 Å². The Balaban J connectivity index is 1.85. The Kier molecular flexibility index (Phi) is 6.41. The number of nitrogens with two attached hydrogens (primary N) is 1. The van der Waals surface area contributed by atoms with Gasteiger partial charge in [0.1, 0.15) is 0 Å². The Labute approximate surface area is 162 Å². The number of aryl methyl sites for hydroxylation is 1. The van der Waals surface area contributed by atoms with E-state index in [0.29, 0.717) is 0 Å². The molecule has 1 aromatic heterocycles. The van der Waals surface area contributed by atoms with E-state index in [-0.39, 0.29) is 23.4 Å². The number of hydrogen-bond acceptors (Lipinski definition) is 5. The first-order chi connectivity index (χ1) is 13.1. The number of aliphatic imine (C=N–C) groups is 1. The molecule has 27 heavy (non-hydrogen) atoms. The number of nitriles is 1. The molecule has 144 valence electrons. The highest BCUT2D eigenvalue weighted by Crippen LogP contribution is 2.39. The van der Waals surface area contributed by atoms with Crippen LogP contribution in [-0.4, -0.2) is 23.3 Å². The van der Waals surface area contributed by atoms with Crippen LogP contribution >= 0.6 is 0 Å². The van der Waals surface area contributed by atoms with E-state index < -0.39 is 0 Å². The van der Waals surface area contributed by atoms with Gasteiger partial charge in [-0.2, -0.15) is 5.26 Å². The van der Waals surface area contributed by atoms with E-state index in [0.717, 1.165) is 50.8 Å². The van der Waals surface area contributed by atoms with Crippen LogP contribution in [0.5, 0.6) is 0 Å². The standard InChI is InChI=1S/C22H31N5/c1-16-7-5-11-25-20(16)18-13-17(15-24)14-19(27-18)21-22(2,8-3-4-10-23)9-6-12-26-21/h5-7,11-12,17-19,27H,3-4,8-10,13-14,23H2,1-2H3. The lowest BCUT2D eigenvalue weighted by Gasteiger charge is -2.41. The third kappa shape index (κ3) is 4.45. The minimum atomic E-state index is 0.0181. The van der Waals surface area contributed by atoms with Gasteiger partial charge >= 0.3 is 0 Å². The first-order valence-electron chi connectivity index (χ1n) is 10.1. The highest BCUT2D eigenvalue weighted by molar-refractivity contribution is 5.96. The Morgan fingerprint density at radius 3 is 2.89 bits per heavy atom. The summed E-state index contributed by atoms with van der Waals surface area (Å²) in [5.41, 5.74) is 9.15. The second-order valence-electron chi connectivity index (χ2n) is 8.18. The number of piperidine rings is 1. The molecule has 5 heteroatoms. The van der Waals surface area contributed by atoms with Gasteiger partial charge in [-0.25, -0.2) is 0 Å². The van der Waals surface area contributed by atoms with Crippen LogP contribution in [0.2, 0.25) is 0 Å². The minimum absolute atomic E-state index is 0.0181. The van der Waals surface area contributed by atoms with Crippen LogP contribution in [0, 0.1) is 29.6 Å². The van der Waals surface area contributed by atoms with Gasteiger partial charge in [-0.1, -0.05) is 25.5 Å². The summed E-state index contributed by atoms with van der Waals surface area (Å²) in [7, 11) is 0. The van der Waals surface area contributed by atoms with Gasteiger partial charge in [0.25, 0.3) is 0 Å². The zero-order valence-electron chi connectivity index (χ0n) is 16.5. The third-order valence-electron chi connectivity index (χ3n) is 6.02. The fourth-order valence-electron chi connectivity index (χ4n) is 4.50. The molecule has 2 aliphatic heterocycles. The lowest BCUT2D eigenvalue weighted by molar-refractivity contribution is 0.297. The average Bonchev–Trinajstić information content (AvgIpc) is 2.68. The van der Waals surface area contributed by atoms with Crippen LogP contribution in [0.15, 0.2) is 35.6 Å². The van der Waals surface area contributed by atoms with Gasteiger partial charge in [0.15, 0.2) is 0 Å². The van der Waals surface area contributed by atoms with Gasteiger partial charge in [-0.15, -0.1) is 0 Å². The third-order valence-corrected chi connectivity index (χ3v) is 6.02. The molecule has 4 unspecified atom stereocenters. The molecule has 2 aliphatic rings. The van der Waals surface area contributed by atoms with E-state index in [2.05, 4.69) is 42.4 Å². The van der Waals surface area contributed by atoms with Crippen molar-refractivity contribution in [2.45, 2.75) is 64.5 Å². The molecular formula is C22H31N5. The number of allylic oxidation sites excluding steroid dienone is 1. The maximum absolute atomic E-state index is 9.68. The molecule has 0 saturated carbocycles. The molecule has 1 fully saturated rings. The normalized spacial score (nSPS) is 30.6. The van der Waals surface area contributed by atoms with Crippen LogP contribution in [0.3, 0.4) is 0 Å². The molecule has 5 nitrogen and oxygen atoms in total. The predicted molar refractivity (Wildman–Crippen MR) is 109 cm³/mol. The van der Waals surface area contributed by atoms with E-state index in [9.17, 15) is 5.26 Å². The number of hydrogen-bond donors (Lipinski definition) is 2. The fraction of sp³-hybridized carbons (Fsp3) is 0.591. The lowest BCUT2D eigenvalue weighted by Crippen LogP contribution is -2.51. The van der Waals surface area contributed by atoms with Gasteiger partial charge in [0, 0.05) is 29.6 Å². The number of rotatable bonds is 6. The smallest absolute Gasteiger partial charge is 0.0657 e. The number of pyridine rings is 1. The molecule has 0 spiro atoms. The van der Waals surface area contributed by atoms with E-state index in [1.54, 1.807) is 0 Å². The molecule has 0 bridgehead atoms. The molecule has 1 aromatic rings. The summed E-state index contributed by atoms with van der Waals surface area (Å²) in [4.78, 5) is 9.42. The molecule has 0 radical (unpaired) electrons. The Morgan fingerprint density at radius 1 is 1.33 bits per heavy atom. The van der Waals surface area contributed by atoms with Crippen molar-refractivity contribution in [1.29, 1.82) is 5.26 Å². The minimum Gasteiger partial charge on any atom is -0.330 e. The summed E-state index contributed by atoms with van der Waals surface area (Å²) in [6.45, 7) is 5.13. The maximum Gasteiger partial charge on any atom is 0.0657 e. The van der Waals surface area contributed by atoms with Crippen LogP contribution in [0.25, 0.3) is 0 Å². The molecule has 3 N–H and O–H groups in total. The summed E-state index contributed by atoms with van der Waals surface area (Å²) >= 11 is 0. The summed E-state index contributed by atoms with van der Waals surface area (Å²) in [5, 5.41) is 13.5. The van der Waals surface area contributed by atoms with Gasteiger partial charge in [0.2, 0.25) is 0 Å². The van der Waals surface area contributed by atoms with Crippen LogP contribution in [0.1, 0.15) is 62.7 Å². The topological polar surface area (TPSA) is 87.1 Å².